The molecule has 92 valence electrons. The summed E-state index contributed by atoms with van der Waals surface area (Å²) in [6, 6.07) is 6.52. The van der Waals surface area contributed by atoms with E-state index in [4.69, 9.17) is 0 Å². The second-order valence-electron chi connectivity index (χ2n) is 4.17. The number of carbonyl (C=O) groups excluding carboxylic acids is 1. The summed E-state index contributed by atoms with van der Waals surface area (Å²) in [5, 5.41) is 0. The van der Waals surface area contributed by atoms with E-state index in [1.807, 2.05) is 6.92 Å². The highest BCUT2D eigenvalue weighted by Crippen LogP contribution is 2.29. The lowest BCUT2D eigenvalue weighted by atomic mass is 10.2. The largest absolute Gasteiger partial charge is 0.274 e. The van der Waals surface area contributed by atoms with Crippen LogP contribution in [0.25, 0.3) is 0 Å². The van der Waals surface area contributed by atoms with Crippen LogP contribution in [0.4, 0.5) is 0 Å². The Labute approximate surface area is 109 Å². The Bertz CT molecular complexity index is 556. The van der Waals surface area contributed by atoms with E-state index in [1.54, 1.807) is 18.2 Å². The van der Waals surface area contributed by atoms with Crippen LogP contribution in [-0.2, 0) is 14.8 Å². The SMILES string of the molecule is CC1CC(=O)N(S(=O)(=O)c2ccccc2Br)C1. The number of hydrogen-bond donors (Lipinski definition) is 0. The van der Waals surface area contributed by atoms with Gasteiger partial charge < -0.3 is 0 Å². The van der Waals surface area contributed by atoms with Crippen molar-refractivity contribution in [3.8, 4) is 0 Å². The van der Waals surface area contributed by atoms with Crippen molar-refractivity contribution in [2.45, 2.75) is 18.2 Å². The summed E-state index contributed by atoms with van der Waals surface area (Å²) in [6.45, 7) is 2.13. The normalized spacial score (nSPS) is 20.9. The molecule has 1 heterocycles. The average Bonchev–Trinajstić information content (AvgIpc) is 2.59. The lowest BCUT2D eigenvalue weighted by Gasteiger charge is -2.17. The third-order valence-electron chi connectivity index (χ3n) is 2.68. The Morgan fingerprint density at radius 1 is 1.35 bits per heavy atom. The fourth-order valence-corrected chi connectivity index (χ4v) is 4.35. The van der Waals surface area contributed by atoms with E-state index in [-0.39, 0.29) is 23.3 Å². The van der Waals surface area contributed by atoms with Gasteiger partial charge in [0.2, 0.25) is 5.91 Å². The average molecular weight is 318 g/mol. The second kappa shape index (κ2) is 4.42. The van der Waals surface area contributed by atoms with Gasteiger partial charge >= 0.3 is 0 Å². The summed E-state index contributed by atoms with van der Waals surface area (Å²) < 4.78 is 26.0. The molecule has 0 aliphatic carbocycles. The minimum atomic E-state index is -3.71. The van der Waals surface area contributed by atoms with Crippen molar-refractivity contribution in [2.24, 2.45) is 5.92 Å². The van der Waals surface area contributed by atoms with Gasteiger partial charge in [0.25, 0.3) is 10.0 Å². The standard InChI is InChI=1S/C11H12BrNO3S/c1-8-6-11(14)13(7-8)17(15,16)10-5-3-2-4-9(10)12/h2-5,8H,6-7H2,1H3. The maximum atomic E-state index is 12.3. The molecule has 6 heteroatoms. The van der Waals surface area contributed by atoms with Crippen molar-refractivity contribution in [1.29, 1.82) is 0 Å². The molecule has 0 bridgehead atoms. The minimum absolute atomic E-state index is 0.0831. The Kier molecular flexibility index (Phi) is 3.27. The van der Waals surface area contributed by atoms with Crippen molar-refractivity contribution < 1.29 is 13.2 Å². The summed E-state index contributed by atoms with van der Waals surface area (Å²) >= 11 is 3.20. The first kappa shape index (κ1) is 12.6. The Morgan fingerprint density at radius 3 is 2.53 bits per heavy atom. The first-order chi connectivity index (χ1) is 7.93. The maximum absolute atomic E-state index is 12.3. The molecule has 1 aliphatic heterocycles. The van der Waals surface area contributed by atoms with E-state index in [9.17, 15) is 13.2 Å². The predicted octanol–water partition coefficient (Wildman–Crippen LogP) is 2.01. The van der Waals surface area contributed by atoms with E-state index >= 15 is 0 Å². The maximum Gasteiger partial charge on any atom is 0.267 e. The van der Waals surface area contributed by atoms with E-state index in [0.717, 1.165) is 4.31 Å². The van der Waals surface area contributed by atoms with Crippen LogP contribution in [0.3, 0.4) is 0 Å². The first-order valence-corrected chi connectivity index (χ1v) is 7.46. The molecule has 1 fully saturated rings. The van der Waals surface area contributed by atoms with Crippen LogP contribution in [0.5, 0.6) is 0 Å². The molecule has 0 N–H and O–H groups in total. The van der Waals surface area contributed by atoms with Gasteiger partial charge in [-0.2, -0.15) is 0 Å². The van der Waals surface area contributed by atoms with Gasteiger partial charge in [-0.15, -0.1) is 0 Å². The lowest BCUT2D eigenvalue weighted by molar-refractivity contribution is -0.123. The van der Waals surface area contributed by atoms with Gasteiger partial charge in [-0.3, -0.25) is 4.79 Å². The Balaban J connectivity index is 2.45. The molecule has 1 aromatic rings. The van der Waals surface area contributed by atoms with E-state index in [0.29, 0.717) is 10.9 Å². The van der Waals surface area contributed by atoms with Crippen LogP contribution < -0.4 is 0 Å². The molecular weight excluding hydrogens is 306 g/mol. The number of sulfonamides is 1. The fraction of sp³-hybridized carbons (Fsp3) is 0.364. The quantitative estimate of drug-likeness (QED) is 0.838. The number of carbonyl (C=O) groups is 1. The van der Waals surface area contributed by atoms with Crippen LogP contribution in [-0.4, -0.2) is 25.2 Å². The van der Waals surface area contributed by atoms with Gasteiger partial charge in [-0.1, -0.05) is 19.1 Å². The molecule has 0 spiro atoms. The van der Waals surface area contributed by atoms with Crippen molar-refractivity contribution in [3.63, 3.8) is 0 Å². The van der Waals surface area contributed by atoms with Gasteiger partial charge in [0.05, 0.1) is 0 Å². The lowest BCUT2D eigenvalue weighted by Crippen LogP contribution is -2.32. The van der Waals surface area contributed by atoms with Gasteiger partial charge in [0.1, 0.15) is 4.90 Å². The number of amides is 1. The Hall–Kier alpha value is -0.880. The van der Waals surface area contributed by atoms with Crippen LogP contribution in [0.2, 0.25) is 0 Å². The van der Waals surface area contributed by atoms with Crippen LogP contribution in [0.15, 0.2) is 33.6 Å². The molecule has 1 atom stereocenters. The third-order valence-corrected chi connectivity index (χ3v) is 5.48. The number of nitrogens with zero attached hydrogens (tertiary/aromatic N) is 1. The highest BCUT2D eigenvalue weighted by molar-refractivity contribution is 9.10. The molecule has 17 heavy (non-hydrogen) atoms. The van der Waals surface area contributed by atoms with Crippen molar-refractivity contribution in [1.82, 2.24) is 4.31 Å². The second-order valence-corrected chi connectivity index (χ2v) is 6.85. The number of rotatable bonds is 2. The van der Waals surface area contributed by atoms with Crippen molar-refractivity contribution in [3.05, 3.63) is 28.7 Å². The third kappa shape index (κ3) is 2.24. The van der Waals surface area contributed by atoms with Crippen molar-refractivity contribution >= 4 is 31.9 Å². The van der Waals surface area contributed by atoms with Crippen LogP contribution in [0.1, 0.15) is 13.3 Å². The van der Waals surface area contributed by atoms with Crippen molar-refractivity contribution in [2.75, 3.05) is 6.54 Å². The molecule has 1 aromatic carbocycles. The molecule has 1 unspecified atom stereocenters. The van der Waals surface area contributed by atoms with Gasteiger partial charge in [0.15, 0.2) is 0 Å². The van der Waals surface area contributed by atoms with Gasteiger partial charge in [-0.05, 0) is 34.0 Å². The summed E-state index contributed by atoms with van der Waals surface area (Å²) in [4.78, 5) is 11.8. The Morgan fingerprint density at radius 2 is 2.00 bits per heavy atom. The molecule has 0 radical (unpaired) electrons. The first-order valence-electron chi connectivity index (χ1n) is 5.23. The van der Waals surface area contributed by atoms with Gasteiger partial charge in [0, 0.05) is 17.4 Å². The van der Waals surface area contributed by atoms with Crippen LogP contribution in [0, 0.1) is 5.92 Å². The number of hydrogen-bond acceptors (Lipinski definition) is 3. The summed E-state index contributed by atoms with van der Waals surface area (Å²) in [6.07, 6.45) is 0.295. The highest BCUT2D eigenvalue weighted by atomic mass is 79.9. The summed E-state index contributed by atoms with van der Waals surface area (Å²) in [5.74, 6) is -0.243. The van der Waals surface area contributed by atoms with E-state index < -0.39 is 10.0 Å². The van der Waals surface area contributed by atoms with Gasteiger partial charge in [-0.25, -0.2) is 12.7 Å². The summed E-state index contributed by atoms with van der Waals surface area (Å²) in [5.41, 5.74) is 0. The smallest absolute Gasteiger partial charge is 0.267 e. The minimum Gasteiger partial charge on any atom is -0.274 e. The fourth-order valence-electron chi connectivity index (χ4n) is 1.85. The molecule has 0 saturated carbocycles. The molecule has 0 aromatic heterocycles. The molecular formula is C11H12BrNO3S. The number of halogens is 1. The highest BCUT2D eigenvalue weighted by Gasteiger charge is 2.37. The predicted molar refractivity (Wildman–Crippen MR) is 66.8 cm³/mol. The molecule has 1 saturated heterocycles. The zero-order valence-corrected chi connectivity index (χ0v) is 11.7. The summed E-state index contributed by atoms with van der Waals surface area (Å²) in [7, 11) is -3.71. The van der Waals surface area contributed by atoms with E-state index in [2.05, 4.69) is 15.9 Å². The molecule has 1 aliphatic rings. The molecule has 4 nitrogen and oxygen atoms in total. The van der Waals surface area contributed by atoms with E-state index in [1.165, 1.54) is 6.07 Å². The zero-order chi connectivity index (χ0) is 12.6. The topological polar surface area (TPSA) is 54.5 Å². The molecule has 2 rings (SSSR count). The van der Waals surface area contributed by atoms with Crippen LogP contribution >= 0.6 is 15.9 Å². The zero-order valence-electron chi connectivity index (χ0n) is 9.26. The number of benzene rings is 1. The monoisotopic (exact) mass is 317 g/mol. The molecule has 1 amide bonds.